The maximum atomic E-state index is 11.5. The Morgan fingerprint density at radius 3 is 2.56 bits per heavy atom. The fourth-order valence-electron chi connectivity index (χ4n) is 1.87. The van der Waals surface area contributed by atoms with Crippen LogP contribution < -0.4 is 10.6 Å². The number of carbonyl (C=O) groups is 2. The van der Waals surface area contributed by atoms with Crippen molar-refractivity contribution in [2.45, 2.75) is 31.2 Å². The third kappa shape index (κ3) is 3.66. The Hall–Kier alpha value is -1.36. The largest absolute Gasteiger partial charge is 0.481 e. The van der Waals surface area contributed by atoms with Crippen LogP contribution >= 0.6 is 0 Å². The Labute approximate surface area is 94.9 Å². The van der Waals surface area contributed by atoms with E-state index >= 15 is 0 Å². The summed E-state index contributed by atoms with van der Waals surface area (Å²) in [4.78, 5) is 22.2. The van der Waals surface area contributed by atoms with Gasteiger partial charge in [0.15, 0.2) is 0 Å². The van der Waals surface area contributed by atoms with E-state index in [0.717, 1.165) is 19.3 Å². The molecule has 0 aliphatic heterocycles. The van der Waals surface area contributed by atoms with E-state index in [4.69, 9.17) is 5.11 Å². The van der Waals surface area contributed by atoms with Gasteiger partial charge in [-0.2, -0.15) is 0 Å². The summed E-state index contributed by atoms with van der Waals surface area (Å²) in [6.07, 6.45) is 4.18. The summed E-state index contributed by atoms with van der Waals surface area (Å²) in [7, 11) is 0. The quantitative estimate of drug-likeness (QED) is 0.430. The second kappa shape index (κ2) is 5.65. The van der Waals surface area contributed by atoms with E-state index in [1.807, 2.05) is 0 Å². The SMILES string of the molecule is C=CCNCC(=O)NC1(CC(=O)O)CCC1. The summed E-state index contributed by atoms with van der Waals surface area (Å²) in [6.45, 7) is 4.30. The molecule has 0 unspecified atom stereocenters. The molecule has 1 aliphatic rings. The number of nitrogens with one attached hydrogen (secondary N) is 2. The Kier molecular flexibility index (Phi) is 4.49. The first kappa shape index (κ1) is 12.7. The van der Waals surface area contributed by atoms with Crippen molar-refractivity contribution in [2.75, 3.05) is 13.1 Å². The van der Waals surface area contributed by atoms with Gasteiger partial charge in [-0.05, 0) is 19.3 Å². The second-order valence-corrected chi connectivity index (χ2v) is 4.17. The average Bonchev–Trinajstić information content (AvgIpc) is 2.14. The van der Waals surface area contributed by atoms with Crippen LogP contribution in [0.15, 0.2) is 12.7 Å². The molecule has 0 aromatic heterocycles. The summed E-state index contributed by atoms with van der Waals surface area (Å²) in [6, 6.07) is 0. The van der Waals surface area contributed by atoms with Crippen LogP contribution in [0.3, 0.4) is 0 Å². The molecule has 0 heterocycles. The van der Waals surface area contributed by atoms with Crippen LogP contribution in [0, 0.1) is 0 Å². The zero-order valence-electron chi connectivity index (χ0n) is 9.29. The molecule has 0 saturated heterocycles. The third-order valence-corrected chi connectivity index (χ3v) is 2.78. The first-order valence-corrected chi connectivity index (χ1v) is 5.42. The molecule has 0 spiro atoms. The Bertz CT molecular complexity index is 285. The zero-order chi connectivity index (χ0) is 12.0. The van der Waals surface area contributed by atoms with E-state index < -0.39 is 11.5 Å². The number of carboxylic acids is 1. The van der Waals surface area contributed by atoms with Gasteiger partial charge in [-0.15, -0.1) is 6.58 Å². The number of rotatable bonds is 7. The maximum absolute atomic E-state index is 11.5. The first-order chi connectivity index (χ1) is 7.58. The summed E-state index contributed by atoms with van der Waals surface area (Å²) in [5.41, 5.74) is -0.501. The van der Waals surface area contributed by atoms with Gasteiger partial charge in [-0.1, -0.05) is 6.08 Å². The van der Waals surface area contributed by atoms with Crippen molar-refractivity contribution in [3.8, 4) is 0 Å². The van der Waals surface area contributed by atoms with Crippen molar-refractivity contribution in [2.24, 2.45) is 0 Å². The number of carbonyl (C=O) groups excluding carboxylic acids is 1. The molecule has 0 bridgehead atoms. The molecule has 0 aromatic carbocycles. The number of amides is 1. The maximum Gasteiger partial charge on any atom is 0.305 e. The van der Waals surface area contributed by atoms with Crippen molar-refractivity contribution >= 4 is 11.9 Å². The summed E-state index contributed by atoms with van der Waals surface area (Å²) < 4.78 is 0. The van der Waals surface area contributed by atoms with Gasteiger partial charge in [-0.25, -0.2) is 0 Å². The summed E-state index contributed by atoms with van der Waals surface area (Å²) >= 11 is 0. The van der Waals surface area contributed by atoms with Gasteiger partial charge < -0.3 is 15.7 Å². The van der Waals surface area contributed by atoms with E-state index in [1.54, 1.807) is 6.08 Å². The topological polar surface area (TPSA) is 78.4 Å². The first-order valence-electron chi connectivity index (χ1n) is 5.42. The van der Waals surface area contributed by atoms with Crippen LogP contribution in [-0.4, -0.2) is 35.6 Å². The minimum absolute atomic E-state index is 0.0141. The third-order valence-electron chi connectivity index (χ3n) is 2.78. The van der Waals surface area contributed by atoms with Crippen molar-refractivity contribution in [1.82, 2.24) is 10.6 Å². The van der Waals surface area contributed by atoms with Gasteiger partial charge in [0.1, 0.15) is 0 Å². The van der Waals surface area contributed by atoms with Crippen molar-refractivity contribution < 1.29 is 14.7 Å². The molecule has 1 fully saturated rings. The van der Waals surface area contributed by atoms with Crippen molar-refractivity contribution in [3.63, 3.8) is 0 Å². The number of carboxylic acid groups (broad SMARTS) is 1. The van der Waals surface area contributed by atoms with Gasteiger partial charge in [-0.3, -0.25) is 9.59 Å². The highest BCUT2D eigenvalue weighted by atomic mass is 16.4. The number of aliphatic carboxylic acids is 1. The lowest BCUT2D eigenvalue weighted by molar-refractivity contribution is -0.140. The van der Waals surface area contributed by atoms with Gasteiger partial charge in [0.25, 0.3) is 0 Å². The van der Waals surface area contributed by atoms with Crippen LogP contribution in [0.1, 0.15) is 25.7 Å². The minimum Gasteiger partial charge on any atom is -0.481 e. The van der Waals surface area contributed by atoms with Crippen LogP contribution in [-0.2, 0) is 9.59 Å². The molecule has 0 radical (unpaired) electrons. The van der Waals surface area contributed by atoms with Crippen molar-refractivity contribution in [3.05, 3.63) is 12.7 Å². The molecule has 5 heteroatoms. The highest BCUT2D eigenvalue weighted by molar-refractivity contribution is 5.80. The molecule has 0 atom stereocenters. The fraction of sp³-hybridized carbons (Fsp3) is 0.636. The second-order valence-electron chi connectivity index (χ2n) is 4.17. The Morgan fingerprint density at radius 2 is 2.12 bits per heavy atom. The molecule has 16 heavy (non-hydrogen) atoms. The lowest BCUT2D eigenvalue weighted by atomic mass is 9.74. The minimum atomic E-state index is -0.862. The van der Waals surface area contributed by atoms with Gasteiger partial charge in [0.05, 0.1) is 18.5 Å². The van der Waals surface area contributed by atoms with Crippen LogP contribution in [0.2, 0.25) is 0 Å². The van der Waals surface area contributed by atoms with Crippen molar-refractivity contribution in [1.29, 1.82) is 0 Å². The summed E-state index contributed by atoms with van der Waals surface area (Å²) in [5.74, 6) is -1.01. The molecule has 90 valence electrons. The van der Waals surface area contributed by atoms with Crippen LogP contribution in [0.25, 0.3) is 0 Å². The zero-order valence-corrected chi connectivity index (χ0v) is 9.29. The van der Waals surface area contributed by atoms with Crippen LogP contribution in [0.5, 0.6) is 0 Å². The van der Waals surface area contributed by atoms with E-state index in [9.17, 15) is 9.59 Å². The van der Waals surface area contributed by atoms with E-state index in [-0.39, 0.29) is 18.9 Å². The molecule has 1 saturated carbocycles. The van der Waals surface area contributed by atoms with E-state index in [2.05, 4.69) is 17.2 Å². The molecule has 3 N–H and O–H groups in total. The molecular formula is C11H18N2O3. The number of hydrogen-bond acceptors (Lipinski definition) is 3. The molecule has 1 aliphatic carbocycles. The van der Waals surface area contributed by atoms with Gasteiger partial charge in [0.2, 0.25) is 5.91 Å². The molecule has 1 amide bonds. The smallest absolute Gasteiger partial charge is 0.305 e. The van der Waals surface area contributed by atoms with Crippen LogP contribution in [0.4, 0.5) is 0 Å². The van der Waals surface area contributed by atoms with Gasteiger partial charge in [0, 0.05) is 6.54 Å². The highest BCUT2D eigenvalue weighted by Crippen LogP contribution is 2.34. The summed E-state index contributed by atoms with van der Waals surface area (Å²) in [5, 5.41) is 14.4. The monoisotopic (exact) mass is 226 g/mol. The lowest BCUT2D eigenvalue weighted by Crippen LogP contribution is -2.56. The van der Waals surface area contributed by atoms with E-state index in [0.29, 0.717) is 6.54 Å². The standard InChI is InChI=1S/C11H18N2O3/c1-2-6-12-8-9(14)13-11(4-3-5-11)7-10(15)16/h2,12H,1,3-8H2,(H,13,14)(H,15,16). The lowest BCUT2D eigenvalue weighted by Gasteiger charge is -2.41. The normalized spacial score (nSPS) is 17.2. The van der Waals surface area contributed by atoms with Gasteiger partial charge >= 0.3 is 5.97 Å². The highest BCUT2D eigenvalue weighted by Gasteiger charge is 2.40. The molecular weight excluding hydrogens is 208 g/mol. The molecule has 5 nitrogen and oxygen atoms in total. The number of hydrogen-bond donors (Lipinski definition) is 3. The average molecular weight is 226 g/mol. The predicted octanol–water partition coefficient (Wildman–Crippen LogP) is 0.276. The Morgan fingerprint density at radius 1 is 1.44 bits per heavy atom. The molecule has 1 rings (SSSR count). The van der Waals surface area contributed by atoms with E-state index in [1.165, 1.54) is 0 Å². The molecule has 0 aromatic rings. The Balaban J connectivity index is 2.34. The fourth-order valence-corrected chi connectivity index (χ4v) is 1.87. The predicted molar refractivity (Wildman–Crippen MR) is 60.0 cm³/mol.